The molecule has 0 aliphatic rings. The summed E-state index contributed by atoms with van der Waals surface area (Å²) in [7, 11) is -3.83. The number of rotatable bonds is 4. The topological polar surface area (TPSA) is 102 Å². The fraction of sp³-hybridized carbons (Fsp3) is 0.0909. The van der Waals surface area contributed by atoms with Gasteiger partial charge >= 0.3 is 0 Å². The molecule has 1 aromatic carbocycles. The van der Waals surface area contributed by atoms with Crippen LogP contribution >= 0.6 is 23.1 Å². The molecule has 3 rings (SSSR count). The fourth-order valence-electron chi connectivity index (χ4n) is 1.65. The van der Waals surface area contributed by atoms with Crippen LogP contribution in [0.15, 0.2) is 28.5 Å². The third kappa shape index (κ3) is 2.64. The van der Waals surface area contributed by atoms with Gasteiger partial charge in [-0.15, -0.1) is 11.3 Å². The van der Waals surface area contributed by atoms with Gasteiger partial charge in [0.2, 0.25) is 0 Å². The number of thiazole rings is 1. The maximum Gasteiger partial charge on any atom is 0.265 e. The lowest BCUT2D eigenvalue weighted by atomic mass is 10.3. The number of nitrogens with one attached hydrogen (secondary N) is 1. The van der Waals surface area contributed by atoms with Gasteiger partial charge in [0.25, 0.3) is 10.0 Å². The summed E-state index contributed by atoms with van der Waals surface area (Å²) < 4.78 is 35.2. The minimum absolute atomic E-state index is 0.0355. The van der Waals surface area contributed by atoms with Crippen molar-refractivity contribution < 1.29 is 13.2 Å². The number of Topliss-reactive ketones (excluding diaryl/α,β-unsaturated/α-hetero) is 1. The van der Waals surface area contributed by atoms with Crippen LogP contribution in [0.5, 0.6) is 0 Å². The van der Waals surface area contributed by atoms with Gasteiger partial charge in [-0.3, -0.25) is 9.52 Å². The van der Waals surface area contributed by atoms with Crippen LogP contribution in [-0.2, 0) is 10.0 Å². The Labute approximate surface area is 128 Å². The van der Waals surface area contributed by atoms with Crippen LogP contribution in [0.25, 0.3) is 11.0 Å². The predicted molar refractivity (Wildman–Crippen MR) is 80.3 cm³/mol. The number of hydrogen-bond acceptors (Lipinski definition) is 8. The van der Waals surface area contributed by atoms with Crippen LogP contribution in [-0.4, -0.2) is 27.9 Å². The summed E-state index contributed by atoms with van der Waals surface area (Å²) >= 11 is 2.00. The second-order valence-corrected chi connectivity index (χ2v) is 7.13. The average molecular weight is 340 g/mol. The first-order valence-electron chi connectivity index (χ1n) is 5.68. The standard InChI is InChI=1S/C11H8N4O3S3/c1-6(16)8-5-19-11(12-8)15-21(17,18)9-4-2-3-7-10(9)14-20-13-7/h2-5H,1H3,(H,12,15). The lowest BCUT2D eigenvalue weighted by Crippen LogP contribution is -2.13. The second-order valence-electron chi connectivity index (χ2n) is 4.09. The van der Waals surface area contributed by atoms with Gasteiger partial charge in [-0.2, -0.15) is 8.75 Å². The summed E-state index contributed by atoms with van der Waals surface area (Å²) in [6.07, 6.45) is 0. The zero-order valence-electron chi connectivity index (χ0n) is 10.6. The fourth-order valence-corrected chi connectivity index (χ4v) is 4.42. The van der Waals surface area contributed by atoms with Crippen LogP contribution in [0.1, 0.15) is 17.4 Å². The number of ketones is 1. The van der Waals surface area contributed by atoms with Crippen molar-refractivity contribution in [2.24, 2.45) is 0 Å². The highest BCUT2D eigenvalue weighted by Crippen LogP contribution is 2.25. The monoisotopic (exact) mass is 340 g/mol. The lowest BCUT2D eigenvalue weighted by molar-refractivity contribution is 0.101. The van der Waals surface area contributed by atoms with E-state index >= 15 is 0 Å². The third-order valence-corrected chi connectivity index (χ3v) is 5.43. The number of aromatic nitrogens is 3. The molecule has 10 heteroatoms. The van der Waals surface area contributed by atoms with E-state index < -0.39 is 10.0 Å². The third-order valence-electron chi connectivity index (χ3n) is 2.63. The Hall–Kier alpha value is -1.91. The van der Waals surface area contributed by atoms with Gasteiger partial charge in [-0.25, -0.2) is 13.4 Å². The summed E-state index contributed by atoms with van der Waals surface area (Å²) in [5.41, 5.74) is 1.07. The molecule has 2 heterocycles. The quantitative estimate of drug-likeness (QED) is 0.730. The minimum atomic E-state index is -3.83. The van der Waals surface area contributed by atoms with Crippen molar-refractivity contribution in [2.45, 2.75) is 11.8 Å². The molecule has 0 fully saturated rings. The second kappa shape index (κ2) is 5.13. The van der Waals surface area contributed by atoms with Crippen LogP contribution in [0.4, 0.5) is 5.13 Å². The zero-order valence-corrected chi connectivity index (χ0v) is 13.1. The molecule has 0 saturated heterocycles. The largest absolute Gasteiger partial charge is 0.293 e. The summed E-state index contributed by atoms with van der Waals surface area (Å²) in [4.78, 5) is 15.2. The van der Waals surface area contributed by atoms with E-state index in [-0.39, 0.29) is 21.5 Å². The first-order valence-corrected chi connectivity index (χ1v) is 8.77. The number of benzene rings is 1. The maximum absolute atomic E-state index is 12.4. The van der Waals surface area contributed by atoms with Gasteiger partial charge in [0, 0.05) is 12.3 Å². The Morgan fingerprint density at radius 3 is 2.81 bits per heavy atom. The molecule has 21 heavy (non-hydrogen) atoms. The molecule has 0 atom stereocenters. The van der Waals surface area contributed by atoms with Gasteiger partial charge in [-0.05, 0) is 12.1 Å². The molecular formula is C11H8N4O3S3. The minimum Gasteiger partial charge on any atom is -0.293 e. The molecule has 0 saturated carbocycles. The van der Waals surface area contributed by atoms with E-state index in [9.17, 15) is 13.2 Å². The SMILES string of the molecule is CC(=O)c1csc(NS(=O)(=O)c2cccc3nsnc23)n1. The van der Waals surface area contributed by atoms with E-state index in [4.69, 9.17) is 0 Å². The van der Waals surface area contributed by atoms with Gasteiger partial charge in [0.1, 0.15) is 21.6 Å². The number of fused-ring (bicyclic) bond motifs is 1. The number of anilines is 1. The molecule has 0 unspecified atom stereocenters. The van der Waals surface area contributed by atoms with Crippen molar-refractivity contribution in [2.75, 3.05) is 4.72 Å². The highest BCUT2D eigenvalue weighted by molar-refractivity contribution is 7.93. The summed E-state index contributed by atoms with van der Waals surface area (Å²) in [6, 6.07) is 4.74. The molecule has 3 aromatic rings. The highest BCUT2D eigenvalue weighted by atomic mass is 32.2. The van der Waals surface area contributed by atoms with Crippen LogP contribution in [0.3, 0.4) is 0 Å². The van der Waals surface area contributed by atoms with E-state index in [1.54, 1.807) is 12.1 Å². The van der Waals surface area contributed by atoms with E-state index in [0.29, 0.717) is 11.0 Å². The first-order chi connectivity index (χ1) is 9.97. The molecule has 108 valence electrons. The van der Waals surface area contributed by atoms with Crippen molar-refractivity contribution in [1.29, 1.82) is 0 Å². The van der Waals surface area contributed by atoms with E-state index in [0.717, 1.165) is 23.1 Å². The smallest absolute Gasteiger partial charge is 0.265 e. The van der Waals surface area contributed by atoms with Crippen LogP contribution in [0, 0.1) is 0 Å². The van der Waals surface area contributed by atoms with Crippen molar-refractivity contribution in [3.05, 3.63) is 29.3 Å². The number of hydrogen-bond donors (Lipinski definition) is 1. The van der Waals surface area contributed by atoms with Crippen molar-refractivity contribution in [3.8, 4) is 0 Å². The van der Waals surface area contributed by atoms with Crippen molar-refractivity contribution in [3.63, 3.8) is 0 Å². The number of carbonyl (C=O) groups is 1. The number of nitrogens with zero attached hydrogens (tertiary/aromatic N) is 3. The average Bonchev–Trinajstić information content (AvgIpc) is 3.05. The van der Waals surface area contributed by atoms with Gasteiger partial charge in [0.05, 0.1) is 11.7 Å². The molecule has 7 nitrogen and oxygen atoms in total. The molecule has 0 aliphatic carbocycles. The molecular weight excluding hydrogens is 332 g/mol. The van der Waals surface area contributed by atoms with Gasteiger partial charge < -0.3 is 0 Å². The van der Waals surface area contributed by atoms with Gasteiger partial charge in [0.15, 0.2) is 10.9 Å². The normalized spacial score (nSPS) is 11.7. The Kier molecular flexibility index (Phi) is 3.43. The molecule has 0 amide bonds. The van der Waals surface area contributed by atoms with E-state index in [1.807, 2.05) is 0 Å². The van der Waals surface area contributed by atoms with E-state index in [1.165, 1.54) is 18.4 Å². The Morgan fingerprint density at radius 2 is 2.10 bits per heavy atom. The summed E-state index contributed by atoms with van der Waals surface area (Å²) in [5.74, 6) is -0.220. The Balaban J connectivity index is 2.00. The lowest BCUT2D eigenvalue weighted by Gasteiger charge is -2.05. The zero-order chi connectivity index (χ0) is 15.0. The first kappa shape index (κ1) is 14.0. The highest BCUT2D eigenvalue weighted by Gasteiger charge is 2.21. The molecule has 0 radical (unpaired) electrons. The Bertz CT molecular complexity index is 929. The molecule has 0 spiro atoms. The van der Waals surface area contributed by atoms with Crippen LogP contribution < -0.4 is 4.72 Å². The maximum atomic E-state index is 12.4. The summed E-state index contributed by atoms with van der Waals surface area (Å²) in [5, 5.41) is 1.64. The molecule has 2 aromatic heterocycles. The van der Waals surface area contributed by atoms with E-state index in [2.05, 4.69) is 18.5 Å². The number of sulfonamides is 1. The van der Waals surface area contributed by atoms with Crippen molar-refractivity contribution >= 4 is 55.0 Å². The predicted octanol–water partition coefficient (Wildman–Crippen LogP) is 2.15. The summed E-state index contributed by atoms with van der Waals surface area (Å²) in [6.45, 7) is 1.37. The van der Waals surface area contributed by atoms with Crippen molar-refractivity contribution in [1.82, 2.24) is 13.7 Å². The Morgan fingerprint density at radius 1 is 1.29 bits per heavy atom. The molecule has 0 bridgehead atoms. The number of carbonyl (C=O) groups excluding carboxylic acids is 1. The molecule has 0 aliphatic heterocycles. The molecule has 1 N–H and O–H groups in total. The van der Waals surface area contributed by atoms with Crippen LogP contribution in [0.2, 0.25) is 0 Å². The van der Waals surface area contributed by atoms with Gasteiger partial charge in [-0.1, -0.05) is 6.07 Å².